The molecule has 2 aliphatic rings. The second kappa shape index (κ2) is 12.9. The molecule has 14 heteroatoms. The van der Waals surface area contributed by atoms with Crippen LogP contribution in [0.15, 0.2) is 66.9 Å². The molecule has 2 aromatic carbocycles. The molecule has 0 bridgehead atoms. The van der Waals surface area contributed by atoms with Crippen molar-refractivity contribution in [2.45, 2.75) is 62.1 Å². The first-order chi connectivity index (χ1) is 21.0. The minimum absolute atomic E-state index is 0.111. The van der Waals surface area contributed by atoms with Crippen molar-refractivity contribution in [1.82, 2.24) is 15.0 Å². The predicted molar refractivity (Wildman–Crippen MR) is 155 cm³/mol. The van der Waals surface area contributed by atoms with Crippen LogP contribution in [-0.2, 0) is 26.5 Å². The molecule has 5 rings (SSSR count). The Morgan fingerprint density at radius 3 is 2.61 bits per heavy atom. The van der Waals surface area contributed by atoms with Crippen molar-refractivity contribution in [3.05, 3.63) is 83.7 Å². The summed E-state index contributed by atoms with van der Waals surface area (Å²) < 4.78 is 6.62. The van der Waals surface area contributed by atoms with Crippen LogP contribution in [0.1, 0.15) is 36.1 Å². The van der Waals surface area contributed by atoms with Crippen LogP contribution in [0.5, 0.6) is 0 Å². The van der Waals surface area contributed by atoms with Gasteiger partial charge in [0.2, 0.25) is 0 Å². The second-order valence-corrected chi connectivity index (χ2v) is 10.9. The minimum Gasteiger partial charge on any atom is -0.395 e. The van der Waals surface area contributed by atoms with E-state index in [0.29, 0.717) is 24.3 Å². The Kier molecular flexibility index (Phi) is 9.22. The number of nitrogens with one attached hydrogen (secondary N) is 2. The molecule has 1 fully saturated rings. The quantitative estimate of drug-likeness (QED) is 0.138. The summed E-state index contributed by atoms with van der Waals surface area (Å²) >= 11 is 0. The van der Waals surface area contributed by atoms with Crippen LogP contribution in [0.2, 0.25) is 0 Å². The number of benzene rings is 2. The van der Waals surface area contributed by atoms with Crippen molar-refractivity contribution in [2.75, 3.05) is 17.2 Å². The highest BCUT2D eigenvalue weighted by Gasteiger charge is 2.49. The molecule has 14 nitrogen and oxygen atoms in total. The largest absolute Gasteiger partial charge is 0.395 e. The van der Waals surface area contributed by atoms with E-state index in [1.165, 1.54) is 18.2 Å². The zero-order valence-electron chi connectivity index (χ0n) is 23.8. The molecule has 234 valence electrons. The Morgan fingerprint density at radius 2 is 1.89 bits per heavy atom. The molecule has 0 aliphatic carbocycles. The number of carbonyl (C=O) groups excluding carboxylic acids is 2. The molecule has 8 atom stereocenters. The molecule has 2 aliphatic heterocycles. The topological polar surface area (TPSA) is 220 Å². The molecular formula is C30H35N5O9. The molecule has 3 aromatic rings. The molecule has 3 heterocycles. The number of rotatable bonds is 10. The first-order valence-corrected chi connectivity index (χ1v) is 14.1. The van der Waals surface area contributed by atoms with E-state index in [9.17, 15) is 40.2 Å². The number of nitrogens with zero attached hydrogens (tertiary/aromatic N) is 3. The number of aromatic nitrogens is 3. The van der Waals surface area contributed by atoms with Crippen molar-refractivity contribution in [1.29, 1.82) is 0 Å². The Balaban J connectivity index is 1.23. The maximum Gasteiger partial charge on any atom is 0.261 e. The summed E-state index contributed by atoms with van der Waals surface area (Å²) in [6, 6.07) is 13.9. The second-order valence-electron chi connectivity index (χ2n) is 10.9. The molecule has 0 radical (unpaired) electrons. The van der Waals surface area contributed by atoms with Gasteiger partial charge < -0.3 is 46.0 Å². The van der Waals surface area contributed by atoms with E-state index in [0.717, 1.165) is 5.56 Å². The Hall–Kier alpha value is -4.02. The Morgan fingerprint density at radius 1 is 1.14 bits per heavy atom. The van der Waals surface area contributed by atoms with Gasteiger partial charge in [0.05, 0.1) is 18.2 Å². The van der Waals surface area contributed by atoms with Gasteiger partial charge in [-0.1, -0.05) is 54.6 Å². The number of anilines is 2. The van der Waals surface area contributed by atoms with Crippen LogP contribution in [0.4, 0.5) is 11.4 Å². The van der Waals surface area contributed by atoms with Crippen molar-refractivity contribution in [3.8, 4) is 0 Å². The maximum absolute atomic E-state index is 12.9. The monoisotopic (exact) mass is 609 g/mol. The summed E-state index contributed by atoms with van der Waals surface area (Å²) in [6.45, 7) is 2.03. The third-order valence-electron chi connectivity index (χ3n) is 8.05. The van der Waals surface area contributed by atoms with Crippen LogP contribution < -0.4 is 10.6 Å². The summed E-state index contributed by atoms with van der Waals surface area (Å²) in [5, 5.41) is 74.4. The predicted octanol–water partition coefficient (Wildman–Crippen LogP) is -0.437. The van der Waals surface area contributed by atoms with Crippen molar-refractivity contribution >= 4 is 23.2 Å². The van der Waals surface area contributed by atoms with Gasteiger partial charge in [0.1, 0.15) is 18.3 Å². The van der Waals surface area contributed by atoms with Gasteiger partial charge in [-0.25, -0.2) is 0 Å². The third kappa shape index (κ3) is 6.01. The highest BCUT2D eigenvalue weighted by atomic mass is 16.6. The summed E-state index contributed by atoms with van der Waals surface area (Å²) in [6.07, 6.45) is -3.18. The molecule has 1 unspecified atom stereocenters. The fourth-order valence-corrected chi connectivity index (χ4v) is 5.41. The minimum atomic E-state index is -1.96. The van der Waals surface area contributed by atoms with Gasteiger partial charge in [0, 0.05) is 35.6 Å². The summed E-state index contributed by atoms with van der Waals surface area (Å²) in [5.41, 5.74) is 0.334. The first kappa shape index (κ1) is 31.4. The number of amides is 2. The molecule has 1 aromatic heterocycles. The SMILES string of the molecule is C[C@@H](/C=C/CCn1cc(C(CO)c2ccccc2)nn1)[C@]1(O)C(=O)Nc2ccc(NC(=O)[C@H]3O[C@@H](O)[C@H](O)[C@@H](O)[C@@H]3O)cc21. The van der Waals surface area contributed by atoms with E-state index < -0.39 is 54.0 Å². The van der Waals surface area contributed by atoms with Gasteiger partial charge in [-0.2, -0.15) is 0 Å². The Bertz CT molecular complexity index is 1520. The van der Waals surface area contributed by atoms with Crippen LogP contribution in [0.25, 0.3) is 0 Å². The first-order valence-electron chi connectivity index (χ1n) is 14.1. The number of aliphatic hydroxyl groups excluding tert-OH is 5. The average Bonchev–Trinajstić information content (AvgIpc) is 3.59. The van der Waals surface area contributed by atoms with E-state index in [-0.39, 0.29) is 23.8 Å². The van der Waals surface area contributed by atoms with Crippen LogP contribution in [-0.4, -0.2) is 94.8 Å². The average molecular weight is 610 g/mol. The standard InChI is InChI=1S/C30H35N5O9/c1-16(7-5-6-12-35-14-22(33-34-35)19(15-36)17-8-3-2-4-9-17)30(43)20-13-18(10-11-21(20)32-29(30)42)31-27(40)26-24(38)23(37)25(39)28(41)44-26/h2-5,7-11,13-14,16,19,23-26,28,36-39,41,43H,6,12,15H2,1H3,(H,31,40)(H,32,42)/b7-5+/t16-,19?,23-,24-,25+,26-,28+,30+/m0/s1. The Labute approximate surface area is 252 Å². The zero-order chi connectivity index (χ0) is 31.6. The van der Waals surface area contributed by atoms with Gasteiger partial charge >= 0.3 is 0 Å². The summed E-state index contributed by atoms with van der Waals surface area (Å²) in [4.78, 5) is 25.7. The highest BCUT2D eigenvalue weighted by molar-refractivity contribution is 6.06. The van der Waals surface area contributed by atoms with E-state index in [2.05, 4.69) is 20.9 Å². The van der Waals surface area contributed by atoms with Crippen LogP contribution in [0.3, 0.4) is 0 Å². The lowest BCUT2D eigenvalue weighted by atomic mass is 9.82. The number of hydrogen-bond donors (Lipinski definition) is 8. The maximum atomic E-state index is 12.9. The van der Waals surface area contributed by atoms with Gasteiger partial charge in [0.25, 0.3) is 11.8 Å². The highest BCUT2D eigenvalue weighted by Crippen LogP contribution is 2.43. The van der Waals surface area contributed by atoms with Gasteiger partial charge in [0.15, 0.2) is 18.0 Å². The fourth-order valence-electron chi connectivity index (χ4n) is 5.41. The number of fused-ring (bicyclic) bond motifs is 1. The number of allylic oxidation sites excluding steroid dienone is 1. The molecule has 44 heavy (non-hydrogen) atoms. The number of carbonyl (C=O) groups is 2. The summed E-state index contributed by atoms with van der Waals surface area (Å²) in [7, 11) is 0. The number of aliphatic hydroxyl groups is 6. The van der Waals surface area contributed by atoms with Gasteiger partial charge in [-0.05, 0) is 30.2 Å². The smallest absolute Gasteiger partial charge is 0.261 e. The molecule has 0 saturated carbocycles. The molecule has 0 spiro atoms. The normalized spacial score (nSPS) is 28.0. The third-order valence-corrected chi connectivity index (χ3v) is 8.05. The molecule has 2 amide bonds. The van der Waals surface area contributed by atoms with Crippen molar-refractivity contribution in [2.24, 2.45) is 5.92 Å². The number of hydrogen-bond acceptors (Lipinski definition) is 11. The number of ether oxygens (including phenoxy) is 1. The number of aryl methyl sites for hydroxylation is 1. The summed E-state index contributed by atoms with van der Waals surface area (Å²) in [5.74, 6) is -2.54. The lowest BCUT2D eigenvalue weighted by Crippen LogP contribution is -2.60. The van der Waals surface area contributed by atoms with Crippen LogP contribution in [0, 0.1) is 5.92 Å². The van der Waals surface area contributed by atoms with Gasteiger partial charge in [-0.15, -0.1) is 5.10 Å². The van der Waals surface area contributed by atoms with E-state index in [1.54, 1.807) is 23.9 Å². The molecule has 8 N–H and O–H groups in total. The van der Waals surface area contributed by atoms with E-state index in [1.807, 2.05) is 36.4 Å². The zero-order valence-corrected chi connectivity index (χ0v) is 23.8. The fraction of sp³-hybridized carbons (Fsp3) is 0.400. The van der Waals surface area contributed by atoms with Crippen molar-refractivity contribution < 1.29 is 45.0 Å². The molecular weight excluding hydrogens is 574 g/mol. The molecule has 1 saturated heterocycles. The van der Waals surface area contributed by atoms with E-state index >= 15 is 0 Å². The lowest BCUT2D eigenvalue weighted by Gasteiger charge is -2.37. The van der Waals surface area contributed by atoms with Crippen molar-refractivity contribution in [3.63, 3.8) is 0 Å². The van der Waals surface area contributed by atoms with Gasteiger partial charge in [-0.3, -0.25) is 14.3 Å². The van der Waals surface area contributed by atoms with Crippen LogP contribution >= 0.6 is 0 Å². The van der Waals surface area contributed by atoms with E-state index in [4.69, 9.17) is 4.74 Å². The lowest BCUT2D eigenvalue weighted by molar-refractivity contribution is -0.274.